The Morgan fingerprint density at radius 2 is 1.67 bits per heavy atom. The summed E-state index contributed by atoms with van der Waals surface area (Å²) in [5.41, 5.74) is -0.845. The van der Waals surface area contributed by atoms with Gasteiger partial charge in [0.2, 0.25) is 29.9 Å². The van der Waals surface area contributed by atoms with Crippen LogP contribution >= 0.6 is 0 Å². The Hall–Kier alpha value is -4.04. The number of nitrogens with one attached hydrogen (secondary N) is 4. The van der Waals surface area contributed by atoms with Gasteiger partial charge in [0.05, 0.1) is 6.20 Å². The van der Waals surface area contributed by atoms with E-state index in [2.05, 4.69) is 31.2 Å². The van der Waals surface area contributed by atoms with Crippen LogP contribution in [0.25, 0.3) is 0 Å². The maximum atomic E-state index is 14.3. The van der Waals surface area contributed by atoms with Crippen LogP contribution in [0.15, 0.2) is 18.6 Å². The molecule has 0 bridgehead atoms. The van der Waals surface area contributed by atoms with Crippen LogP contribution in [0.4, 0.5) is 8.78 Å². The Kier molecular flexibility index (Phi) is 13.1. The van der Waals surface area contributed by atoms with Gasteiger partial charge in [-0.3, -0.25) is 33.8 Å². The molecule has 1 aromatic heterocycles. The molecule has 0 radical (unpaired) electrons. The molecule has 1 aliphatic heterocycles. The quantitative estimate of drug-likeness (QED) is 0.216. The van der Waals surface area contributed by atoms with E-state index >= 15 is 0 Å². The number of aromatic nitrogens is 2. The van der Waals surface area contributed by atoms with Crippen LogP contribution < -0.4 is 21.3 Å². The number of amides is 5. The number of ketones is 1. The summed E-state index contributed by atoms with van der Waals surface area (Å²) in [6.45, 7) is 12.3. The number of alkyl halides is 2. The average molecular weight is 678 g/mol. The van der Waals surface area contributed by atoms with Gasteiger partial charge in [-0.15, -0.1) is 0 Å². The van der Waals surface area contributed by atoms with Gasteiger partial charge in [-0.05, 0) is 49.4 Å². The lowest BCUT2D eigenvalue weighted by molar-refractivity contribution is -0.146. The summed E-state index contributed by atoms with van der Waals surface area (Å²) >= 11 is 0. The third-order valence-electron chi connectivity index (χ3n) is 9.13. The van der Waals surface area contributed by atoms with E-state index in [0.717, 1.165) is 12.8 Å². The van der Waals surface area contributed by atoms with Crippen molar-refractivity contribution in [3.63, 3.8) is 0 Å². The molecule has 1 saturated heterocycles. The molecule has 0 aromatic carbocycles. The molecule has 48 heavy (non-hydrogen) atoms. The summed E-state index contributed by atoms with van der Waals surface area (Å²) in [5.74, 6) is -5.59. The Morgan fingerprint density at radius 3 is 2.23 bits per heavy atom. The lowest BCUT2D eigenvalue weighted by Gasteiger charge is -2.37. The van der Waals surface area contributed by atoms with Gasteiger partial charge in [-0.25, -0.2) is 13.8 Å². The molecule has 3 rings (SSSR count). The molecule has 4 N–H and O–H groups in total. The largest absolute Gasteiger partial charge is 0.347 e. The van der Waals surface area contributed by atoms with Crippen molar-refractivity contribution in [1.82, 2.24) is 36.1 Å². The molecule has 2 fully saturated rings. The first-order valence-electron chi connectivity index (χ1n) is 16.6. The van der Waals surface area contributed by atoms with Crippen LogP contribution in [-0.4, -0.2) is 93.4 Å². The molecule has 2 aliphatic rings. The molecule has 13 nitrogen and oxygen atoms in total. The van der Waals surface area contributed by atoms with Gasteiger partial charge < -0.3 is 26.2 Å². The number of carbonyl (C=O) groups excluding carboxylic acids is 6. The van der Waals surface area contributed by atoms with Crippen LogP contribution in [0, 0.1) is 23.2 Å². The number of rotatable bonds is 14. The molecule has 1 saturated carbocycles. The Balaban J connectivity index is 1.86. The molecular weight excluding hydrogens is 628 g/mol. The zero-order valence-corrected chi connectivity index (χ0v) is 28.7. The molecule has 0 spiro atoms. The first kappa shape index (κ1) is 38.4. The summed E-state index contributed by atoms with van der Waals surface area (Å²) in [6, 6.07) is -5.46. The number of likely N-dealkylation sites (tertiary alicyclic amines) is 1. The smallest absolute Gasteiger partial charge is 0.289 e. The first-order chi connectivity index (χ1) is 22.5. The van der Waals surface area contributed by atoms with E-state index in [1.54, 1.807) is 48.5 Å². The zero-order valence-electron chi connectivity index (χ0n) is 28.7. The Labute approximate surface area is 280 Å². The van der Waals surface area contributed by atoms with Crippen LogP contribution in [0.2, 0.25) is 0 Å². The van der Waals surface area contributed by atoms with E-state index in [9.17, 15) is 37.5 Å². The molecule has 266 valence electrons. The van der Waals surface area contributed by atoms with Crippen molar-refractivity contribution >= 4 is 35.3 Å². The number of halogens is 2. The number of fused-ring (bicyclic) bond motifs is 1. The van der Waals surface area contributed by atoms with E-state index in [4.69, 9.17) is 0 Å². The Morgan fingerprint density at radius 1 is 0.979 bits per heavy atom. The number of hydrogen-bond acceptors (Lipinski definition) is 8. The van der Waals surface area contributed by atoms with E-state index in [0.29, 0.717) is 12.8 Å². The van der Waals surface area contributed by atoms with Crippen LogP contribution in [0.1, 0.15) is 91.1 Å². The molecule has 2 heterocycles. The fourth-order valence-corrected chi connectivity index (χ4v) is 6.30. The minimum absolute atomic E-state index is 0.0119. The predicted molar refractivity (Wildman–Crippen MR) is 171 cm³/mol. The van der Waals surface area contributed by atoms with Crippen molar-refractivity contribution in [3.8, 4) is 0 Å². The van der Waals surface area contributed by atoms with Crippen molar-refractivity contribution in [2.75, 3.05) is 6.54 Å². The topological polar surface area (TPSA) is 180 Å². The second kappa shape index (κ2) is 16.4. The molecule has 15 heteroatoms. The van der Waals surface area contributed by atoms with Crippen molar-refractivity contribution < 1.29 is 37.5 Å². The summed E-state index contributed by atoms with van der Waals surface area (Å²) in [6.07, 6.45) is 2.62. The number of carbonyl (C=O) groups is 6. The normalized spacial score (nSPS) is 21.6. The molecule has 5 amide bonds. The second-order valence-corrected chi connectivity index (χ2v) is 14.2. The number of nitrogens with zero attached hydrogens (tertiary/aromatic N) is 3. The number of hydrogen-bond donors (Lipinski definition) is 4. The molecule has 3 unspecified atom stereocenters. The van der Waals surface area contributed by atoms with Gasteiger partial charge in [-0.2, -0.15) is 0 Å². The van der Waals surface area contributed by atoms with Crippen LogP contribution in [0.5, 0.6) is 0 Å². The van der Waals surface area contributed by atoms with Crippen molar-refractivity contribution in [3.05, 3.63) is 24.3 Å². The third kappa shape index (κ3) is 9.53. The SMILES string of the molecule is CC[C@H](C)NC(=O)C(=O)C(CC(F)F)NC(=O)[C@@H]1[C@H]2CCC[C@H]2CN1C(=O)C(NC(=O)C(NC(=O)c1cnccn1)C(C)C)C(C)(C)C. The van der Waals surface area contributed by atoms with Crippen molar-refractivity contribution in [2.45, 2.75) is 117 Å². The van der Waals surface area contributed by atoms with E-state index in [-0.39, 0.29) is 36.0 Å². The Bertz CT molecular complexity index is 1340. The van der Waals surface area contributed by atoms with Gasteiger partial charge in [0.1, 0.15) is 29.9 Å². The fourth-order valence-electron chi connectivity index (χ4n) is 6.30. The maximum Gasteiger partial charge on any atom is 0.289 e. The second-order valence-electron chi connectivity index (χ2n) is 14.2. The summed E-state index contributed by atoms with van der Waals surface area (Å²) in [5, 5.41) is 10.3. The summed E-state index contributed by atoms with van der Waals surface area (Å²) in [7, 11) is 0. The minimum Gasteiger partial charge on any atom is -0.347 e. The highest BCUT2D eigenvalue weighted by Crippen LogP contribution is 2.43. The molecule has 1 aliphatic carbocycles. The van der Waals surface area contributed by atoms with Gasteiger partial charge >= 0.3 is 0 Å². The minimum atomic E-state index is -2.99. The van der Waals surface area contributed by atoms with Crippen LogP contribution in [0.3, 0.4) is 0 Å². The predicted octanol–water partition coefficient (Wildman–Crippen LogP) is 2.01. The van der Waals surface area contributed by atoms with E-state index in [1.807, 2.05) is 0 Å². The summed E-state index contributed by atoms with van der Waals surface area (Å²) < 4.78 is 27.1. The average Bonchev–Trinajstić information content (AvgIpc) is 3.62. The lowest BCUT2D eigenvalue weighted by Crippen LogP contribution is -2.62. The maximum absolute atomic E-state index is 14.3. The lowest BCUT2D eigenvalue weighted by atomic mass is 9.85. The number of Topliss-reactive ketones (excluding diaryl/α,β-unsaturated/α-hetero) is 1. The molecule has 1 aromatic rings. The highest BCUT2D eigenvalue weighted by molar-refractivity contribution is 6.38. The first-order valence-corrected chi connectivity index (χ1v) is 16.6. The fraction of sp³-hybridized carbons (Fsp3) is 0.697. The van der Waals surface area contributed by atoms with E-state index < -0.39 is 77.7 Å². The highest BCUT2D eigenvalue weighted by Gasteiger charge is 2.52. The van der Waals surface area contributed by atoms with Gasteiger partial charge in [0, 0.05) is 31.4 Å². The van der Waals surface area contributed by atoms with E-state index in [1.165, 1.54) is 23.5 Å². The van der Waals surface area contributed by atoms with Crippen molar-refractivity contribution in [2.24, 2.45) is 23.2 Å². The standard InChI is InChI=1S/C33H49F2N7O6/c1-8-18(4)38-31(47)26(43)21(14-23(34)35)39-30(46)25-20-11-9-10-19(20)16-42(25)32(48)27(33(5,6)7)41-29(45)24(17(2)3)40-28(44)22-15-36-12-13-37-22/h12-13,15,17-21,23-25,27H,8-11,14,16H2,1-7H3,(H,38,47)(H,39,46)(H,40,44)(H,41,45)/t18-,19-,20-,21?,24?,25-,27?/m0/s1. The molecule has 7 atom stereocenters. The zero-order chi connectivity index (χ0) is 35.9. The van der Waals surface area contributed by atoms with Gasteiger partial charge in [0.15, 0.2) is 0 Å². The molecular formula is C33H49F2N7O6. The van der Waals surface area contributed by atoms with Gasteiger partial charge in [-0.1, -0.05) is 48.0 Å². The van der Waals surface area contributed by atoms with Gasteiger partial charge in [0.25, 0.3) is 11.8 Å². The van der Waals surface area contributed by atoms with Crippen molar-refractivity contribution in [1.29, 1.82) is 0 Å². The monoisotopic (exact) mass is 677 g/mol. The third-order valence-corrected chi connectivity index (χ3v) is 9.13. The summed E-state index contributed by atoms with van der Waals surface area (Å²) in [4.78, 5) is 89.4. The highest BCUT2D eigenvalue weighted by atomic mass is 19.3. The van der Waals surface area contributed by atoms with Crippen LogP contribution in [-0.2, 0) is 24.0 Å².